The van der Waals surface area contributed by atoms with Crippen LogP contribution >= 0.6 is 0 Å². The Morgan fingerprint density at radius 1 is 1.33 bits per heavy atom. The van der Waals surface area contributed by atoms with Gasteiger partial charge in [-0.3, -0.25) is 4.79 Å². The van der Waals surface area contributed by atoms with E-state index in [9.17, 15) is 9.59 Å². The van der Waals surface area contributed by atoms with Gasteiger partial charge >= 0.3 is 11.9 Å². The summed E-state index contributed by atoms with van der Waals surface area (Å²) in [6.07, 6.45) is 7.82. The van der Waals surface area contributed by atoms with Crippen LogP contribution in [0.1, 0.15) is 32.6 Å². The van der Waals surface area contributed by atoms with Gasteiger partial charge in [0, 0.05) is 5.57 Å². The van der Waals surface area contributed by atoms with Crippen LogP contribution in [0.4, 0.5) is 0 Å². The molecule has 0 bridgehead atoms. The van der Waals surface area contributed by atoms with Gasteiger partial charge in [0.2, 0.25) is 0 Å². The molecule has 1 fully saturated rings. The Hall–Kier alpha value is -1.62. The molecule has 1 unspecified atom stereocenters. The number of aliphatic hydroxyl groups is 1. The number of allylic oxidation sites excluding steroid dienone is 2. The normalized spacial score (nSPS) is 26.4. The summed E-state index contributed by atoms with van der Waals surface area (Å²) < 4.78 is 0. The summed E-state index contributed by atoms with van der Waals surface area (Å²) in [6.45, 7) is 1.50. The van der Waals surface area contributed by atoms with E-state index in [2.05, 4.69) is 0 Å². The molecule has 0 aromatic carbocycles. The van der Waals surface area contributed by atoms with Crippen molar-refractivity contribution in [2.24, 2.45) is 5.41 Å². The smallest absolute Gasteiger partial charge is 0.331 e. The van der Waals surface area contributed by atoms with Crippen LogP contribution in [-0.4, -0.2) is 33.4 Å². The number of carbonyl (C=O) groups is 2. The first-order valence-corrected chi connectivity index (χ1v) is 5.88. The summed E-state index contributed by atoms with van der Waals surface area (Å²) >= 11 is 0. The van der Waals surface area contributed by atoms with Gasteiger partial charge in [-0.1, -0.05) is 18.2 Å². The molecule has 5 nitrogen and oxygen atoms in total. The fourth-order valence-electron chi connectivity index (χ4n) is 1.57. The molecule has 0 amide bonds. The van der Waals surface area contributed by atoms with Crippen molar-refractivity contribution in [1.82, 2.24) is 0 Å². The minimum atomic E-state index is -1.08. The molecule has 0 aromatic heterocycles. The number of carboxylic acid groups (broad SMARTS) is 2. The van der Waals surface area contributed by atoms with Crippen molar-refractivity contribution in [3.63, 3.8) is 0 Å². The molecule has 1 saturated carbocycles. The van der Waals surface area contributed by atoms with Gasteiger partial charge in [-0.2, -0.15) is 0 Å². The van der Waals surface area contributed by atoms with Crippen LogP contribution < -0.4 is 0 Å². The zero-order valence-corrected chi connectivity index (χ0v) is 10.3. The number of hydrogen-bond acceptors (Lipinski definition) is 3. The molecule has 100 valence electrons. The first-order chi connectivity index (χ1) is 8.35. The van der Waals surface area contributed by atoms with Crippen molar-refractivity contribution >= 4 is 11.9 Å². The minimum absolute atomic E-state index is 0.0359. The van der Waals surface area contributed by atoms with E-state index < -0.39 is 17.4 Å². The molecule has 2 aliphatic carbocycles. The molecular formula is C13H18O5. The lowest BCUT2D eigenvalue weighted by atomic mass is 9.80. The summed E-state index contributed by atoms with van der Waals surface area (Å²) in [5.74, 6) is -2.06. The van der Waals surface area contributed by atoms with Crippen LogP contribution in [0.25, 0.3) is 0 Å². The van der Waals surface area contributed by atoms with Crippen LogP contribution in [0.3, 0.4) is 0 Å². The Kier molecular flexibility index (Phi) is 4.67. The van der Waals surface area contributed by atoms with Crippen LogP contribution in [0.5, 0.6) is 0 Å². The van der Waals surface area contributed by atoms with Gasteiger partial charge in [0.1, 0.15) is 0 Å². The molecule has 5 heteroatoms. The Morgan fingerprint density at radius 2 is 1.89 bits per heavy atom. The molecule has 18 heavy (non-hydrogen) atoms. The standard InChI is InChI=1S/C9H10O4.C4H8O/c1-9(8(12)13)4-2-3-6(5-9)7(10)11;5-4-2-1-3-4/h2-4H,5H2,1H3,(H,10,11)(H,12,13);4-5H,1-3H2. The van der Waals surface area contributed by atoms with Gasteiger partial charge in [0.15, 0.2) is 0 Å². The lowest BCUT2D eigenvalue weighted by Gasteiger charge is -2.23. The third-order valence-corrected chi connectivity index (χ3v) is 3.16. The highest BCUT2D eigenvalue weighted by molar-refractivity contribution is 5.90. The van der Waals surface area contributed by atoms with Crippen molar-refractivity contribution in [3.8, 4) is 0 Å². The molecule has 0 saturated heterocycles. The number of hydrogen-bond donors (Lipinski definition) is 3. The van der Waals surface area contributed by atoms with Gasteiger partial charge in [0.05, 0.1) is 11.5 Å². The Morgan fingerprint density at radius 3 is 2.22 bits per heavy atom. The summed E-state index contributed by atoms with van der Waals surface area (Å²) in [6, 6.07) is 0. The summed E-state index contributed by atoms with van der Waals surface area (Å²) in [5, 5.41) is 25.9. The van der Waals surface area contributed by atoms with E-state index in [0.717, 1.165) is 12.8 Å². The lowest BCUT2D eigenvalue weighted by molar-refractivity contribution is -0.145. The number of carboxylic acids is 2. The third-order valence-electron chi connectivity index (χ3n) is 3.16. The van der Waals surface area contributed by atoms with Crippen LogP contribution in [0.2, 0.25) is 0 Å². The van der Waals surface area contributed by atoms with Gasteiger partial charge in [-0.15, -0.1) is 0 Å². The lowest BCUT2D eigenvalue weighted by Crippen LogP contribution is -2.28. The summed E-state index contributed by atoms with van der Waals surface area (Å²) in [5.41, 5.74) is -0.949. The second kappa shape index (κ2) is 5.82. The second-order valence-electron chi connectivity index (χ2n) is 4.84. The molecule has 0 aliphatic heterocycles. The largest absolute Gasteiger partial charge is 0.481 e. The van der Waals surface area contributed by atoms with Crippen LogP contribution in [-0.2, 0) is 9.59 Å². The van der Waals surface area contributed by atoms with Gasteiger partial charge < -0.3 is 15.3 Å². The quantitative estimate of drug-likeness (QED) is 0.695. The van der Waals surface area contributed by atoms with E-state index in [1.54, 1.807) is 0 Å². The highest BCUT2D eigenvalue weighted by Crippen LogP contribution is 2.31. The molecule has 0 radical (unpaired) electrons. The summed E-state index contributed by atoms with van der Waals surface area (Å²) in [4.78, 5) is 21.3. The van der Waals surface area contributed by atoms with Crippen molar-refractivity contribution in [3.05, 3.63) is 23.8 Å². The number of aliphatic carboxylic acids is 2. The van der Waals surface area contributed by atoms with Crippen molar-refractivity contribution < 1.29 is 24.9 Å². The monoisotopic (exact) mass is 254 g/mol. The van der Waals surface area contributed by atoms with E-state index in [-0.39, 0.29) is 18.1 Å². The SMILES string of the molecule is CC1(C(=O)O)C=CC=C(C(=O)O)C1.OC1CCC1. The Labute approximate surface area is 105 Å². The topological polar surface area (TPSA) is 94.8 Å². The van der Waals surface area contributed by atoms with E-state index >= 15 is 0 Å². The minimum Gasteiger partial charge on any atom is -0.481 e. The van der Waals surface area contributed by atoms with E-state index in [1.165, 1.54) is 31.6 Å². The van der Waals surface area contributed by atoms with Gasteiger partial charge in [0.25, 0.3) is 0 Å². The number of rotatable bonds is 2. The van der Waals surface area contributed by atoms with Gasteiger partial charge in [-0.25, -0.2) is 4.79 Å². The van der Waals surface area contributed by atoms with Crippen molar-refractivity contribution in [1.29, 1.82) is 0 Å². The zero-order chi connectivity index (χ0) is 13.8. The average molecular weight is 254 g/mol. The first-order valence-electron chi connectivity index (χ1n) is 5.88. The maximum atomic E-state index is 10.8. The Bertz CT molecular complexity index is 392. The van der Waals surface area contributed by atoms with Crippen LogP contribution in [0, 0.1) is 5.41 Å². The molecule has 0 spiro atoms. The van der Waals surface area contributed by atoms with E-state index in [0.29, 0.717) is 0 Å². The highest BCUT2D eigenvalue weighted by atomic mass is 16.4. The van der Waals surface area contributed by atoms with E-state index in [4.69, 9.17) is 15.3 Å². The predicted octanol–water partition coefficient (Wildman–Crippen LogP) is 1.58. The first kappa shape index (κ1) is 14.4. The molecule has 0 aromatic rings. The highest BCUT2D eigenvalue weighted by Gasteiger charge is 2.34. The van der Waals surface area contributed by atoms with Crippen molar-refractivity contribution in [2.75, 3.05) is 0 Å². The molecule has 2 aliphatic rings. The maximum Gasteiger partial charge on any atom is 0.331 e. The molecule has 1 atom stereocenters. The van der Waals surface area contributed by atoms with Gasteiger partial charge in [-0.05, 0) is 32.6 Å². The zero-order valence-electron chi connectivity index (χ0n) is 10.3. The van der Waals surface area contributed by atoms with Crippen molar-refractivity contribution in [2.45, 2.75) is 38.7 Å². The number of aliphatic hydroxyl groups excluding tert-OH is 1. The fourth-order valence-corrected chi connectivity index (χ4v) is 1.57. The second-order valence-corrected chi connectivity index (χ2v) is 4.84. The molecule has 3 N–H and O–H groups in total. The van der Waals surface area contributed by atoms with Crippen LogP contribution in [0.15, 0.2) is 23.8 Å². The summed E-state index contributed by atoms with van der Waals surface area (Å²) in [7, 11) is 0. The molecule has 0 heterocycles. The Balaban J connectivity index is 0.000000269. The predicted molar refractivity (Wildman–Crippen MR) is 65.1 cm³/mol. The third kappa shape index (κ3) is 3.70. The molecular weight excluding hydrogens is 236 g/mol. The maximum absolute atomic E-state index is 10.8. The molecule has 2 rings (SSSR count). The average Bonchev–Trinajstić information content (AvgIpc) is 2.27. The fraction of sp³-hybridized carbons (Fsp3) is 0.538. The van der Waals surface area contributed by atoms with E-state index in [1.807, 2.05) is 0 Å².